The van der Waals surface area contributed by atoms with Crippen molar-refractivity contribution in [2.75, 3.05) is 31.5 Å². The van der Waals surface area contributed by atoms with Gasteiger partial charge >= 0.3 is 6.09 Å². The maximum atomic E-state index is 13.2. The molecule has 0 aliphatic carbocycles. The Bertz CT molecular complexity index is 1200. The van der Waals surface area contributed by atoms with Crippen molar-refractivity contribution >= 4 is 41.2 Å². The van der Waals surface area contributed by atoms with Crippen LogP contribution in [-0.2, 0) is 19.1 Å². The molecule has 3 heterocycles. The molecule has 2 saturated heterocycles. The highest BCUT2D eigenvalue weighted by molar-refractivity contribution is 6.25. The van der Waals surface area contributed by atoms with Gasteiger partial charge in [0.15, 0.2) is 0 Å². The largest absolute Gasteiger partial charge is 0.444 e. The van der Waals surface area contributed by atoms with Crippen LogP contribution in [0.15, 0.2) is 18.2 Å². The Balaban J connectivity index is 1.20. The molecule has 2 fully saturated rings. The van der Waals surface area contributed by atoms with Gasteiger partial charge in [0.2, 0.25) is 11.8 Å². The molecule has 4 rings (SSSR count). The second-order valence-electron chi connectivity index (χ2n) is 11.4. The number of ether oxygens (including phenoxy) is 1. The zero-order valence-electron chi connectivity index (χ0n) is 23.2. The zero-order valence-corrected chi connectivity index (χ0v) is 23.2. The SMILES string of the molecule is CC(C)(C)OC(=O)N1CCC(NCC(=O)CCCNc2cccc3c2C(=O)N(C2CCC(=O)NC2=O)C3=O)CC1. The molecule has 0 radical (unpaired) electrons. The van der Waals surface area contributed by atoms with Crippen molar-refractivity contribution in [3.63, 3.8) is 0 Å². The summed E-state index contributed by atoms with van der Waals surface area (Å²) in [5.41, 5.74) is 0.338. The van der Waals surface area contributed by atoms with E-state index in [0.717, 1.165) is 17.7 Å². The van der Waals surface area contributed by atoms with Crippen LogP contribution in [-0.4, -0.2) is 89.2 Å². The number of likely N-dealkylation sites (tertiary alicyclic amines) is 1. The third-order valence-corrected chi connectivity index (χ3v) is 7.15. The number of hydrogen-bond donors (Lipinski definition) is 3. The fourth-order valence-corrected chi connectivity index (χ4v) is 5.11. The molecular formula is C28H37N5O7. The van der Waals surface area contributed by atoms with Crippen LogP contribution in [0.25, 0.3) is 0 Å². The topological polar surface area (TPSA) is 154 Å². The molecular weight excluding hydrogens is 518 g/mol. The number of nitrogens with zero attached hydrogens (tertiary/aromatic N) is 2. The molecule has 3 aliphatic rings. The summed E-state index contributed by atoms with van der Waals surface area (Å²) >= 11 is 0. The quantitative estimate of drug-likeness (QED) is 0.306. The molecule has 1 atom stereocenters. The van der Waals surface area contributed by atoms with E-state index < -0.39 is 35.3 Å². The minimum Gasteiger partial charge on any atom is -0.444 e. The van der Waals surface area contributed by atoms with E-state index in [1.807, 2.05) is 20.8 Å². The lowest BCUT2D eigenvalue weighted by molar-refractivity contribution is -0.136. The smallest absolute Gasteiger partial charge is 0.410 e. The van der Waals surface area contributed by atoms with Gasteiger partial charge in [0.1, 0.15) is 17.4 Å². The van der Waals surface area contributed by atoms with Crippen LogP contribution >= 0.6 is 0 Å². The average molecular weight is 556 g/mol. The van der Waals surface area contributed by atoms with Crippen LogP contribution < -0.4 is 16.0 Å². The van der Waals surface area contributed by atoms with Crippen molar-refractivity contribution in [1.29, 1.82) is 0 Å². The first-order valence-electron chi connectivity index (χ1n) is 13.8. The lowest BCUT2D eigenvalue weighted by Gasteiger charge is -2.33. The Morgan fingerprint density at radius 2 is 1.77 bits per heavy atom. The molecule has 1 aromatic carbocycles. The number of carbonyl (C=O) groups is 6. The Kier molecular flexibility index (Phi) is 8.87. The number of imide groups is 2. The summed E-state index contributed by atoms with van der Waals surface area (Å²) < 4.78 is 5.42. The van der Waals surface area contributed by atoms with Crippen LogP contribution in [0.2, 0.25) is 0 Å². The summed E-state index contributed by atoms with van der Waals surface area (Å²) in [7, 11) is 0. The fourth-order valence-electron chi connectivity index (χ4n) is 5.11. The van der Waals surface area contributed by atoms with E-state index in [1.54, 1.807) is 23.1 Å². The summed E-state index contributed by atoms with van der Waals surface area (Å²) in [5, 5.41) is 8.63. The minimum atomic E-state index is -1.02. The van der Waals surface area contributed by atoms with Crippen LogP contribution in [0.4, 0.5) is 10.5 Å². The van der Waals surface area contributed by atoms with E-state index in [0.29, 0.717) is 38.2 Å². The molecule has 0 aromatic heterocycles. The Morgan fingerprint density at radius 3 is 2.45 bits per heavy atom. The van der Waals surface area contributed by atoms with Gasteiger partial charge in [-0.3, -0.25) is 34.2 Å². The molecule has 5 amide bonds. The van der Waals surface area contributed by atoms with Crippen molar-refractivity contribution < 1.29 is 33.5 Å². The van der Waals surface area contributed by atoms with Gasteiger partial charge in [0.05, 0.1) is 17.7 Å². The van der Waals surface area contributed by atoms with Crippen molar-refractivity contribution in [1.82, 2.24) is 20.4 Å². The number of rotatable bonds is 9. The normalized spacial score (nSPS) is 19.9. The van der Waals surface area contributed by atoms with Crippen molar-refractivity contribution in [2.24, 2.45) is 0 Å². The molecule has 0 spiro atoms. The summed E-state index contributed by atoms with van der Waals surface area (Å²) in [4.78, 5) is 77.1. The first-order chi connectivity index (χ1) is 18.9. The number of carbonyl (C=O) groups excluding carboxylic acids is 6. The molecule has 0 saturated carbocycles. The van der Waals surface area contributed by atoms with Crippen molar-refractivity contribution in [3.05, 3.63) is 29.3 Å². The first-order valence-corrected chi connectivity index (χ1v) is 13.8. The highest BCUT2D eigenvalue weighted by Crippen LogP contribution is 2.32. The van der Waals surface area contributed by atoms with Gasteiger partial charge < -0.3 is 20.3 Å². The summed E-state index contributed by atoms with van der Waals surface area (Å²) in [6.45, 7) is 7.32. The van der Waals surface area contributed by atoms with Crippen LogP contribution in [0, 0.1) is 0 Å². The molecule has 0 bridgehead atoms. The van der Waals surface area contributed by atoms with Crippen molar-refractivity contribution in [3.8, 4) is 0 Å². The van der Waals surface area contributed by atoms with Crippen LogP contribution in [0.5, 0.6) is 0 Å². The monoisotopic (exact) mass is 555 g/mol. The van der Waals surface area contributed by atoms with E-state index in [-0.39, 0.29) is 48.4 Å². The number of hydrogen-bond acceptors (Lipinski definition) is 9. The maximum absolute atomic E-state index is 13.2. The maximum Gasteiger partial charge on any atom is 0.410 e. The Morgan fingerprint density at radius 1 is 1.05 bits per heavy atom. The summed E-state index contributed by atoms with van der Waals surface area (Å²) in [5.74, 6) is -2.15. The number of amides is 5. The predicted molar refractivity (Wildman–Crippen MR) is 145 cm³/mol. The molecule has 3 N–H and O–H groups in total. The highest BCUT2D eigenvalue weighted by Gasteiger charge is 2.45. The second kappa shape index (κ2) is 12.2. The lowest BCUT2D eigenvalue weighted by Crippen LogP contribution is -2.54. The number of benzene rings is 1. The number of Topliss-reactive ketones (excluding diaryl/α,β-unsaturated/α-hetero) is 1. The summed E-state index contributed by atoms with van der Waals surface area (Å²) in [6.07, 6.45) is 2.20. The number of nitrogens with one attached hydrogen (secondary N) is 3. The number of piperidine rings is 2. The van der Waals surface area contributed by atoms with Crippen molar-refractivity contribution in [2.45, 2.75) is 77.0 Å². The van der Waals surface area contributed by atoms with Gasteiger partial charge in [-0.05, 0) is 58.6 Å². The van der Waals surface area contributed by atoms with Gasteiger partial charge in [-0.15, -0.1) is 0 Å². The van der Waals surface area contributed by atoms with Gasteiger partial charge in [0, 0.05) is 44.2 Å². The van der Waals surface area contributed by atoms with E-state index in [1.165, 1.54) is 0 Å². The van der Waals surface area contributed by atoms with Crippen LogP contribution in [0.1, 0.15) is 80.0 Å². The van der Waals surface area contributed by atoms with Gasteiger partial charge in [-0.1, -0.05) is 6.07 Å². The van der Waals surface area contributed by atoms with Gasteiger partial charge in [-0.2, -0.15) is 0 Å². The minimum absolute atomic E-state index is 0.0586. The van der Waals surface area contributed by atoms with Crippen LogP contribution in [0.3, 0.4) is 0 Å². The Hall–Kier alpha value is -3.80. The molecule has 1 unspecified atom stereocenters. The van der Waals surface area contributed by atoms with Gasteiger partial charge in [0.25, 0.3) is 11.8 Å². The zero-order chi connectivity index (χ0) is 29.0. The molecule has 3 aliphatic heterocycles. The second-order valence-corrected chi connectivity index (χ2v) is 11.4. The number of ketones is 1. The Labute approximate surface area is 233 Å². The number of anilines is 1. The molecule has 216 valence electrons. The third-order valence-electron chi connectivity index (χ3n) is 7.15. The lowest BCUT2D eigenvalue weighted by atomic mass is 10.0. The first kappa shape index (κ1) is 29.2. The highest BCUT2D eigenvalue weighted by atomic mass is 16.6. The third kappa shape index (κ3) is 6.85. The molecule has 12 heteroatoms. The summed E-state index contributed by atoms with van der Waals surface area (Å²) in [6, 6.07) is 4.02. The van der Waals surface area contributed by atoms with E-state index in [9.17, 15) is 28.8 Å². The van der Waals surface area contributed by atoms with E-state index in [2.05, 4.69) is 16.0 Å². The molecule has 12 nitrogen and oxygen atoms in total. The fraction of sp³-hybridized carbons (Fsp3) is 0.571. The van der Waals surface area contributed by atoms with E-state index >= 15 is 0 Å². The predicted octanol–water partition coefficient (Wildman–Crippen LogP) is 1.84. The average Bonchev–Trinajstić information content (AvgIpc) is 3.15. The number of fused-ring (bicyclic) bond motifs is 1. The standard InChI is InChI=1S/C28H37N5O7/c1-28(2,3)40-27(39)32-14-11-17(12-15-32)30-16-18(34)6-5-13-29-20-8-4-7-19-23(20)26(38)33(25(19)37)21-9-10-22(35)31-24(21)36/h4,7-8,17,21,29-30H,5-6,9-16H2,1-3H3,(H,31,35,36). The van der Waals surface area contributed by atoms with Gasteiger partial charge in [-0.25, -0.2) is 4.79 Å². The molecule has 40 heavy (non-hydrogen) atoms. The molecule has 1 aromatic rings. The van der Waals surface area contributed by atoms with E-state index in [4.69, 9.17) is 4.74 Å².